The third-order valence-corrected chi connectivity index (χ3v) is 6.09. The highest BCUT2D eigenvalue weighted by atomic mass is 32.2. The number of hydrogen-bond acceptors (Lipinski definition) is 5. The van der Waals surface area contributed by atoms with Gasteiger partial charge in [0.1, 0.15) is 0 Å². The number of sulfonamides is 1. The van der Waals surface area contributed by atoms with Crippen molar-refractivity contribution in [2.75, 3.05) is 5.32 Å². The van der Waals surface area contributed by atoms with Gasteiger partial charge in [-0.15, -0.1) is 0 Å². The van der Waals surface area contributed by atoms with Crippen LogP contribution in [0.2, 0.25) is 0 Å². The van der Waals surface area contributed by atoms with Crippen molar-refractivity contribution in [2.24, 2.45) is 0 Å². The van der Waals surface area contributed by atoms with E-state index in [9.17, 15) is 23.3 Å². The zero-order valence-corrected chi connectivity index (χ0v) is 16.2. The Labute approximate surface area is 163 Å². The minimum atomic E-state index is -3.49. The molecule has 2 aromatic carbocycles. The number of hydrogen-bond donors (Lipinski definition) is 2. The monoisotopic (exact) mass is 403 g/mol. The minimum absolute atomic E-state index is 0.0468. The molecule has 1 amide bonds. The van der Waals surface area contributed by atoms with E-state index in [1.54, 1.807) is 25.1 Å². The molecule has 8 nitrogen and oxygen atoms in total. The second-order valence-electron chi connectivity index (χ2n) is 6.79. The third kappa shape index (κ3) is 4.93. The van der Waals surface area contributed by atoms with Crippen molar-refractivity contribution in [2.45, 2.75) is 43.5 Å². The van der Waals surface area contributed by atoms with Crippen LogP contribution in [-0.2, 0) is 21.2 Å². The van der Waals surface area contributed by atoms with Gasteiger partial charge in [-0.3, -0.25) is 14.9 Å². The van der Waals surface area contributed by atoms with Crippen molar-refractivity contribution < 1.29 is 18.1 Å². The molecule has 0 unspecified atom stereocenters. The lowest BCUT2D eigenvalue weighted by molar-refractivity contribution is -0.385. The molecule has 1 fully saturated rings. The van der Waals surface area contributed by atoms with Gasteiger partial charge in [-0.25, -0.2) is 13.1 Å². The van der Waals surface area contributed by atoms with Gasteiger partial charge in [0.15, 0.2) is 0 Å². The lowest BCUT2D eigenvalue weighted by Crippen LogP contribution is -2.25. The molecular formula is C19H21N3O5S. The summed E-state index contributed by atoms with van der Waals surface area (Å²) in [5.74, 6) is -0.268. The number of nitro benzene ring substituents is 1. The van der Waals surface area contributed by atoms with Crippen molar-refractivity contribution in [1.82, 2.24) is 4.72 Å². The molecule has 0 aromatic heterocycles. The van der Waals surface area contributed by atoms with Crippen LogP contribution in [-0.4, -0.2) is 25.3 Å². The smallest absolute Gasteiger partial charge is 0.274 e. The fourth-order valence-corrected chi connectivity index (χ4v) is 4.06. The molecule has 9 heteroatoms. The Morgan fingerprint density at radius 1 is 1.18 bits per heavy atom. The van der Waals surface area contributed by atoms with E-state index in [0.29, 0.717) is 17.7 Å². The molecule has 0 atom stereocenters. The van der Waals surface area contributed by atoms with E-state index in [-0.39, 0.29) is 29.0 Å². The lowest BCUT2D eigenvalue weighted by Gasteiger charge is -2.09. The summed E-state index contributed by atoms with van der Waals surface area (Å²) in [6.45, 7) is 1.59. The van der Waals surface area contributed by atoms with Gasteiger partial charge in [0.25, 0.3) is 5.69 Å². The molecule has 0 aliphatic heterocycles. The first-order valence-corrected chi connectivity index (χ1v) is 10.4. The Bertz CT molecular complexity index is 999. The Morgan fingerprint density at radius 3 is 2.46 bits per heavy atom. The van der Waals surface area contributed by atoms with E-state index in [0.717, 1.165) is 18.4 Å². The molecule has 2 N–H and O–H groups in total. The van der Waals surface area contributed by atoms with Gasteiger partial charge in [-0.2, -0.15) is 0 Å². The molecule has 1 aliphatic carbocycles. The van der Waals surface area contributed by atoms with Gasteiger partial charge in [0.2, 0.25) is 15.9 Å². The fraction of sp³-hybridized carbons (Fsp3) is 0.316. The van der Waals surface area contributed by atoms with Gasteiger partial charge in [0.05, 0.1) is 21.1 Å². The van der Waals surface area contributed by atoms with Gasteiger partial charge < -0.3 is 5.32 Å². The lowest BCUT2D eigenvalue weighted by atomic mass is 10.1. The summed E-state index contributed by atoms with van der Waals surface area (Å²) in [4.78, 5) is 22.9. The van der Waals surface area contributed by atoms with Crippen LogP contribution in [0.3, 0.4) is 0 Å². The van der Waals surface area contributed by atoms with Crippen LogP contribution in [0.25, 0.3) is 0 Å². The fourth-order valence-electron chi connectivity index (χ4n) is 2.75. The zero-order chi connectivity index (χ0) is 20.3. The molecule has 0 spiro atoms. The number of carbonyl (C=O) groups excluding carboxylic acids is 1. The number of aryl methyl sites for hydroxylation is 1. The highest BCUT2D eigenvalue weighted by Gasteiger charge is 2.27. The Morgan fingerprint density at radius 2 is 1.86 bits per heavy atom. The molecule has 0 radical (unpaired) electrons. The predicted molar refractivity (Wildman–Crippen MR) is 105 cm³/mol. The van der Waals surface area contributed by atoms with Crippen LogP contribution in [0.5, 0.6) is 0 Å². The Hall–Kier alpha value is -2.78. The van der Waals surface area contributed by atoms with Crippen LogP contribution in [0.15, 0.2) is 47.4 Å². The van der Waals surface area contributed by atoms with E-state index in [1.165, 1.54) is 24.3 Å². The SMILES string of the molecule is Cc1c(NC(=O)CCc2ccc(S(=O)(=O)NC3CC3)cc2)cccc1[N+](=O)[O-]. The van der Waals surface area contributed by atoms with Crippen LogP contribution in [0.4, 0.5) is 11.4 Å². The highest BCUT2D eigenvalue weighted by Crippen LogP contribution is 2.25. The number of nitro groups is 1. The van der Waals surface area contributed by atoms with Gasteiger partial charge >= 0.3 is 0 Å². The van der Waals surface area contributed by atoms with Crippen molar-refractivity contribution in [1.29, 1.82) is 0 Å². The Balaban J connectivity index is 1.57. The van der Waals surface area contributed by atoms with Crippen molar-refractivity contribution in [3.05, 3.63) is 63.7 Å². The molecule has 1 saturated carbocycles. The normalized spacial score (nSPS) is 13.9. The first-order chi connectivity index (χ1) is 13.3. The van der Waals surface area contributed by atoms with E-state index in [2.05, 4.69) is 10.0 Å². The molecule has 1 aliphatic rings. The van der Waals surface area contributed by atoms with E-state index in [1.807, 2.05) is 0 Å². The predicted octanol–water partition coefficient (Wildman–Crippen LogP) is 2.92. The summed E-state index contributed by atoms with van der Waals surface area (Å²) < 4.78 is 26.9. The molecule has 3 rings (SSSR count). The average Bonchev–Trinajstić information content (AvgIpc) is 3.45. The van der Waals surface area contributed by atoms with Crippen molar-refractivity contribution >= 4 is 27.3 Å². The van der Waals surface area contributed by atoms with E-state index in [4.69, 9.17) is 0 Å². The maximum absolute atomic E-state index is 12.2. The number of benzene rings is 2. The summed E-state index contributed by atoms with van der Waals surface area (Å²) in [5, 5.41) is 13.7. The van der Waals surface area contributed by atoms with Crippen molar-refractivity contribution in [3.8, 4) is 0 Å². The van der Waals surface area contributed by atoms with Crippen molar-refractivity contribution in [3.63, 3.8) is 0 Å². The molecule has 148 valence electrons. The molecular weight excluding hydrogens is 382 g/mol. The van der Waals surface area contributed by atoms with E-state index >= 15 is 0 Å². The molecule has 2 aromatic rings. The molecule has 28 heavy (non-hydrogen) atoms. The number of carbonyl (C=O) groups is 1. The summed E-state index contributed by atoms with van der Waals surface area (Å²) in [5.41, 5.74) is 1.59. The van der Waals surface area contributed by atoms with Gasteiger partial charge in [-0.1, -0.05) is 18.2 Å². The van der Waals surface area contributed by atoms with E-state index < -0.39 is 14.9 Å². The second kappa shape index (κ2) is 8.07. The summed E-state index contributed by atoms with van der Waals surface area (Å²) in [6.07, 6.45) is 2.34. The largest absolute Gasteiger partial charge is 0.326 e. The topological polar surface area (TPSA) is 118 Å². The molecule has 0 saturated heterocycles. The number of nitrogens with zero attached hydrogens (tertiary/aromatic N) is 1. The van der Waals surface area contributed by atoms with Gasteiger partial charge in [0, 0.05) is 18.5 Å². The first kappa shape index (κ1) is 20.0. The Kier molecular flexibility index (Phi) is 5.76. The highest BCUT2D eigenvalue weighted by molar-refractivity contribution is 7.89. The van der Waals surface area contributed by atoms with Crippen LogP contribution in [0, 0.1) is 17.0 Å². The maximum atomic E-state index is 12.2. The van der Waals surface area contributed by atoms with Crippen LogP contribution < -0.4 is 10.0 Å². The third-order valence-electron chi connectivity index (χ3n) is 4.55. The summed E-state index contributed by atoms with van der Waals surface area (Å²) in [7, 11) is -3.49. The van der Waals surface area contributed by atoms with Crippen LogP contribution >= 0.6 is 0 Å². The maximum Gasteiger partial charge on any atom is 0.274 e. The minimum Gasteiger partial charge on any atom is -0.326 e. The summed E-state index contributed by atoms with van der Waals surface area (Å²) >= 11 is 0. The number of nitrogens with one attached hydrogen (secondary N) is 2. The number of amides is 1. The average molecular weight is 403 g/mol. The molecule has 0 bridgehead atoms. The van der Waals surface area contributed by atoms with Crippen LogP contribution in [0.1, 0.15) is 30.4 Å². The zero-order valence-electron chi connectivity index (χ0n) is 15.3. The second-order valence-corrected chi connectivity index (χ2v) is 8.51. The summed E-state index contributed by atoms with van der Waals surface area (Å²) in [6, 6.07) is 11.0. The van der Waals surface area contributed by atoms with Gasteiger partial charge in [-0.05, 0) is 49.9 Å². The quantitative estimate of drug-likeness (QED) is 0.519. The number of anilines is 1. The standard InChI is InChI=1S/C19H21N3O5S/c1-13-17(3-2-4-18(13)22(24)25)20-19(23)12-7-14-5-10-16(11-6-14)28(26,27)21-15-8-9-15/h2-6,10-11,15,21H,7-9,12H2,1H3,(H,20,23). The first-order valence-electron chi connectivity index (χ1n) is 8.91. The number of rotatable bonds is 8. The molecule has 0 heterocycles.